The summed E-state index contributed by atoms with van der Waals surface area (Å²) in [5.74, 6) is -0.288. The molecule has 2 aromatic carbocycles. The lowest BCUT2D eigenvalue weighted by Gasteiger charge is -2.06. The Labute approximate surface area is 125 Å². The van der Waals surface area contributed by atoms with Crippen molar-refractivity contribution in [2.45, 2.75) is 6.42 Å². The molecule has 6 heteroatoms. The summed E-state index contributed by atoms with van der Waals surface area (Å²) in [5, 5.41) is 14.5. The van der Waals surface area contributed by atoms with E-state index in [4.69, 9.17) is 0 Å². The Morgan fingerprint density at radius 3 is 2.82 bits per heavy atom. The van der Waals surface area contributed by atoms with Crippen LogP contribution in [0.4, 0.5) is 11.4 Å². The summed E-state index contributed by atoms with van der Waals surface area (Å²) in [5.41, 5.74) is 1.95. The van der Waals surface area contributed by atoms with E-state index in [0.717, 1.165) is 16.5 Å². The van der Waals surface area contributed by atoms with Gasteiger partial charge in [0.25, 0.3) is 5.69 Å². The van der Waals surface area contributed by atoms with Crippen LogP contribution < -0.4 is 5.32 Å². The molecule has 0 fully saturated rings. The molecule has 6 nitrogen and oxygen atoms in total. The molecule has 0 saturated heterocycles. The molecular weight excluding hydrogens is 282 g/mol. The Hall–Kier alpha value is -3.15. The summed E-state index contributed by atoms with van der Waals surface area (Å²) in [6.45, 7) is 0. The minimum atomic E-state index is -0.512. The Kier molecular flexibility index (Phi) is 3.57. The molecule has 0 unspecified atom stereocenters. The minimum absolute atomic E-state index is 0.114. The van der Waals surface area contributed by atoms with Gasteiger partial charge < -0.3 is 10.3 Å². The van der Waals surface area contributed by atoms with E-state index in [9.17, 15) is 14.9 Å². The largest absolute Gasteiger partial charge is 0.361 e. The fraction of sp³-hybridized carbons (Fsp3) is 0.0625. The zero-order valence-corrected chi connectivity index (χ0v) is 11.6. The average Bonchev–Trinajstić information content (AvgIpc) is 2.95. The van der Waals surface area contributed by atoms with Crippen molar-refractivity contribution in [2.24, 2.45) is 0 Å². The molecule has 1 heterocycles. The molecule has 0 aliphatic carbocycles. The van der Waals surface area contributed by atoms with Gasteiger partial charge in [-0.1, -0.05) is 18.2 Å². The highest BCUT2D eigenvalue weighted by molar-refractivity contribution is 5.95. The predicted molar refractivity (Wildman–Crippen MR) is 83.7 cm³/mol. The smallest absolute Gasteiger partial charge is 0.292 e. The quantitative estimate of drug-likeness (QED) is 0.572. The van der Waals surface area contributed by atoms with E-state index < -0.39 is 4.92 Å². The third kappa shape index (κ3) is 2.80. The SMILES string of the molecule is O=C(Cc1ccc2[nH]ccc2c1)Nc1ccccc1[N+](=O)[O-]. The van der Waals surface area contributed by atoms with Crippen molar-refractivity contribution in [2.75, 3.05) is 5.32 Å². The van der Waals surface area contributed by atoms with Crippen LogP contribution in [0, 0.1) is 10.1 Å². The number of hydrogen-bond acceptors (Lipinski definition) is 3. The van der Waals surface area contributed by atoms with Gasteiger partial charge in [-0.25, -0.2) is 0 Å². The predicted octanol–water partition coefficient (Wildman–Crippen LogP) is 3.26. The second-order valence-electron chi connectivity index (χ2n) is 4.90. The highest BCUT2D eigenvalue weighted by Gasteiger charge is 2.14. The van der Waals surface area contributed by atoms with E-state index in [1.807, 2.05) is 30.5 Å². The number of fused-ring (bicyclic) bond motifs is 1. The van der Waals surface area contributed by atoms with Gasteiger partial charge in [0.2, 0.25) is 5.91 Å². The number of para-hydroxylation sites is 2. The molecule has 0 radical (unpaired) electrons. The summed E-state index contributed by atoms with van der Waals surface area (Å²) < 4.78 is 0. The first-order valence-electron chi connectivity index (χ1n) is 6.73. The maximum Gasteiger partial charge on any atom is 0.292 e. The Morgan fingerprint density at radius 2 is 2.00 bits per heavy atom. The van der Waals surface area contributed by atoms with E-state index in [1.165, 1.54) is 12.1 Å². The molecule has 2 N–H and O–H groups in total. The third-order valence-electron chi connectivity index (χ3n) is 3.36. The van der Waals surface area contributed by atoms with Crippen LogP contribution in [0.3, 0.4) is 0 Å². The second-order valence-corrected chi connectivity index (χ2v) is 4.90. The van der Waals surface area contributed by atoms with Crippen LogP contribution in [0.25, 0.3) is 10.9 Å². The van der Waals surface area contributed by atoms with Gasteiger partial charge in [-0.2, -0.15) is 0 Å². The molecule has 1 amide bonds. The number of carbonyl (C=O) groups excluding carboxylic acids is 1. The number of nitro benzene ring substituents is 1. The molecule has 3 aromatic rings. The number of aromatic amines is 1. The van der Waals surface area contributed by atoms with Crippen molar-refractivity contribution < 1.29 is 9.72 Å². The number of H-pyrrole nitrogens is 1. The topological polar surface area (TPSA) is 88.0 Å². The van der Waals surface area contributed by atoms with E-state index >= 15 is 0 Å². The van der Waals surface area contributed by atoms with Crippen LogP contribution in [0.1, 0.15) is 5.56 Å². The van der Waals surface area contributed by atoms with Gasteiger partial charge in [0.05, 0.1) is 11.3 Å². The molecule has 0 aliphatic rings. The zero-order chi connectivity index (χ0) is 15.5. The number of nitrogens with zero attached hydrogens (tertiary/aromatic N) is 1. The van der Waals surface area contributed by atoms with E-state index in [2.05, 4.69) is 10.3 Å². The lowest BCUT2D eigenvalue weighted by Crippen LogP contribution is -2.15. The summed E-state index contributed by atoms with van der Waals surface area (Å²) in [4.78, 5) is 25.6. The fourth-order valence-corrected chi connectivity index (χ4v) is 2.33. The number of amides is 1. The zero-order valence-electron chi connectivity index (χ0n) is 11.6. The van der Waals surface area contributed by atoms with Gasteiger partial charge in [0.1, 0.15) is 5.69 Å². The van der Waals surface area contributed by atoms with Gasteiger partial charge in [0.15, 0.2) is 0 Å². The first-order chi connectivity index (χ1) is 10.6. The molecular formula is C16H13N3O3. The Morgan fingerprint density at radius 1 is 1.18 bits per heavy atom. The van der Waals surface area contributed by atoms with Crippen molar-refractivity contribution in [3.8, 4) is 0 Å². The minimum Gasteiger partial charge on any atom is -0.361 e. The number of rotatable bonds is 4. The standard InChI is InChI=1S/C16H13N3O3/c20-16(18-14-3-1-2-4-15(14)19(21)22)10-11-5-6-13-12(9-11)7-8-17-13/h1-9,17H,10H2,(H,18,20). The van der Waals surface area contributed by atoms with E-state index in [-0.39, 0.29) is 23.7 Å². The van der Waals surface area contributed by atoms with Gasteiger partial charge >= 0.3 is 0 Å². The molecule has 3 rings (SSSR count). The van der Waals surface area contributed by atoms with Crippen molar-refractivity contribution in [3.05, 3.63) is 70.4 Å². The fourth-order valence-electron chi connectivity index (χ4n) is 2.33. The Bertz CT molecular complexity index is 854. The van der Waals surface area contributed by atoms with Gasteiger partial charge in [-0.05, 0) is 35.2 Å². The van der Waals surface area contributed by atoms with Crippen LogP contribution in [0.5, 0.6) is 0 Å². The molecule has 1 aromatic heterocycles. The molecule has 0 spiro atoms. The number of aromatic nitrogens is 1. The summed E-state index contributed by atoms with van der Waals surface area (Å²) in [6, 6.07) is 13.7. The number of hydrogen-bond donors (Lipinski definition) is 2. The van der Waals surface area contributed by atoms with Gasteiger partial charge in [-0.15, -0.1) is 0 Å². The highest BCUT2D eigenvalue weighted by Crippen LogP contribution is 2.23. The van der Waals surface area contributed by atoms with E-state index in [0.29, 0.717) is 0 Å². The third-order valence-corrected chi connectivity index (χ3v) is 3.36. The maximum absolute atomic E-state index is 12.1. The number of nitro groups is 1. The van der Waals surface area contributed by atoms with Crippen LogP contribution in [0.2, 0.25) is 0 Å². The molecule has 0 atom stereocenters. The van der Waals surface area contributed by atoms with Crippen molar-refractivity contribution in [1.29, 1.82) is 0 Å². The second kappa shape index (κ2) is 5.69. The van der Waals surface area contributed by atoms with Crippen molar-refractivity contribution in [3.63, 3.8) is 0 Å². The lowest BCUT2D eigenvalue weighted by molar-refractivity contribution is -0.383. The first-order valence-corrected chi connectivity index (χ1v) is 6.73. The lowest BCUT2D eigenvalue weighted by atomic mass is 10.1. The molecule has 22 heavy (non-hydrogen) atoms. The first kappa shape index (κ1) is 13.8. The number of benzene rings is 2. The van der Waals surface area contributed by atoms with Crippen LogP contribution in [-0.2, 0) is 11.2 Å². The van der Waals surface area contributed by atoms with Gasteiger partial charge in [0, 0.05) is 17.8 Å². The van der Waals surface area contributed by atoms with Gasteiger partial charge in [-0.3, -0.25) is 14.9 Å². The summed E-state index contributed by atoms with van der Waals surface area (Å²) in [6.07, 6.45) is 2.00. The molecule has 0 bridgehead atoms. The molecule has 110 valence electrons. The number of nitrogens with one attached hydrogen (secondary N) is 2. The maximum atomic E-state index is 12.1. The summed E-state index contributed by atoms with van der Waals surface area (Å²) in [7, 11) is 0. The van der Waals surface area contributed by atoms with Crippen LogP contribution in [0.15, 0.2) is 54.7 Å². The number of carbonyl (C=O) groups is 1. The molecule has 0 aliphatic heterocycles. The number of anilines is 1. The molecule has 0 saturated carbocycles. The average molecular weight is 295 g/mol. The van der Waals surface area contributed by atoms with Crippen molar-refractivity contribution >= 4 is 28.2 Å². The van der Waals surface area contributed by atoms with Crippen LogP contribution in [-0.4, -0.2) is 15.8 Å². The van der Waals surface area contributed by atoms with E-state index in [1.54, 1.807) is 12.1 Å². The Balaban J connectivity index is 1.76. The van der Waals surface area contributed by atoms with Crippen molar-refractivity contribution in [1.82, 2.24) is 4.98 Å². The highest BCUT2D eigenvalue weighted by atomic mass is 16.6. The normalized spacial score (nSPS) is 10.5. The van der Waals surface area contributed by atoms with Crippen LogP contribution >= 0.6 is 0 Å². The summed E-state index contributed by atoms with van der Waals surface area (Å²) >= 11 is 0. The monoisotopic (exact) mass is 295 g/mol.